The van der Waals surface area contributed by atoms with Crippen LogP contribution < -0.4 is 4.74 Å². The number of ether oxygens (including phenoxy) is 3. The first kappa shape index (κ1) is 21.5. The van der Waals surface area contributed by atoms with Crippen molar-refractivity contribution in [2.45, 2.75) is 25.9 Å². The Kier molecular flexibility index (Phi) is 7.19. The average molecular weight is 410 g/mol. The Morgan fingerprint density at radius 2 is 1.90 bits per heavy atom. The number of benzene rings is 1. The van der Waals surface area contributed by atoms with Gasteiger partial charge in [0, 0.05) is 49.6 Å². The van der Waals surface area contributed by atoms with E-state index >= 15 is 0 Å². The molecule has 158 valence electrons. The molecule has 30 heavy (non-hydrogen) atoms. The topological polar surface area (TPSA) is 78.0 Å². The van der Waals surface area contributed by atoms with Crippen LogP contribution in [0.25, 0.3) is 0 Å². The molecule has 0 spiro atoms. The van der Waals surface area contributed by atoms with Crippen molar-refractivity contribution in [1.29, 1.82) is 0 Å². The maximum atomic E-state index is 13.2. The van der Waals surface area contributed by atoms with E-state index in [9.17, 15) is 9.59 Å². The smallest absolute Gasteiger partial charge is 0.336 e. The van der Waals surface area contributed by atoms with Gasteiger partial charge in [-0.3, -0.25) is 9.78 Å². The summed E-state index contributed by atoms with van der Waals surface area (Å²) in [4.78, 5) is 31.6. The summed E-state index contributed by atoms with van der Waals surface area (Å²) in [6.07, 6.45) is 3.50. The number of carbonyl (C=O) groups excluding carboxylic acids is 2. The average Bonchev–Trinajstić information content (AvgIpc) is 2.77. The number of para-hydroxylation sites is 1. The predicted octanol–water partition coefficient (Wildman–Crippen LogP) is 3.07. The SMILES string of the molecule is COCCN1C(=O)CC(c2ccncc2)C(C(=O)OCc2ccccc2OC)=C1C. The minimum Gasteiger partial charge on any atom is -0.496 e. The normalized spacial score (nSPS) is 16.6. The molecule has 1 aromatic carbocycles. The number of amides is 1. The zero-order valence-corrected chi connectivity index (χ0v) is 17.5. The van der Waals surface area contributed by atoms with Crippen LogP contribution >= 0.6 is 0 Å². The summed E-state index contributed by atoms with van der Waals surface area (Å²) < 4.78 is 16.1. The molecule has 1 aliphatic rings. The molecule has 1 aromatic heterocycles. The van der Waals surface area contributed by atoms with Gasteiger partial charge in [-0.15, -0.1) is 0 Å². The van der Waals surface area contributed by atoms with Crippen LogP contribution in [-0.2, 0) is 25.7 Å². The highest BCUT2D eigenvalue weighted by Crippen LogP contribution is 2.37. The first-order valence-electron chi connectivity index (χ1n) is 9.75. The molecule has 0 fully saturated rings. The third kappa shape index (κ3) is 4.68. The Balaban J connectivity index is 1.91. The Labute approximate surface area is 176 Å². The molecule has 0 N–H and O–H groups in total. The van der Waals surface area contributed by atoms with E-state index in [1.165, 1.54) is 0 Å². The fraction of sp³-hybridized carbons (Fsp3) is 0.348. The molecule has 1 aliphatic heterocycles. The van der Waals surface area contributed by atoms with Gasteiger partial charge in [-0.25, -0.2) is 4.79 Å². The molecule has 2 aromatic rings. The van der Waals surface area contributed by atoms with Gasteiger partial charge in [0.25, 0.3) is 0 Å². The number of methoxy groups -OCH3 is 2. The zero-order valence-electron chi connectivity index (χ0n) is 17.5. The quantitative estimate of drug-likeness (QED) is 0.623. The lowest BCUT2D eigenvalue weighted by molar-refractivity contribution is -0.141. The zero-order chi connectivity index (χ0) is 21.5. The van der Waals surface area contributed by atoms with Crippen molar-refractivity contribution >= 4 is 11.9 Å². The highest BCUT2D eigenvalue weighted by Gasteiger charge is 2.36. The maximum Gasteiger partial charge on any atom is 0.336 e. The Morgan fingerprint density at radius 1 is 1.17 bits per heavy atom. The van der Waals surface area contributed by atoms with Gasteiger partial charge in [-0.05, 0) is 30.7 Å². The third-order valence-corrected chi connectivity index (χ3v) is 5.22. The highest BCUT2D eigenvalue weighted by atomic mass is 16.5. The molecule has 0 aliphatic carbocycles. The van der Waals surface area contributed by atoms with Crippen molar-refractivity contribution in [3.63, 3.8) is 0 Å². The standard InChI is InChI=1S/C23H26N2O5/c1-16-22(23(27)30-15-18-6-4-5-7-20(18)29-3)19(17-8-10-24-11-9-17)14-21(26)25(16)12-13-28-2/h4-11,19H,12-15H2,1-3H3. The van der Waals surface area contributed by atoms with Gasteiger partial charge in [0.1, 0.15) is 12.4 Å². The number of aromatic nitrogens is 1. The van der Waals surface area contributed by atoms with Crippen molar-refractivity contribution in [2.24, 2.45) is 0 Å². The molecule has 0 radical (unpaired) electrons. The number of rotatable bonds is 8. The molecule has 0 bridgehead atoms. The molecule has 0 saturated carbocycles. The number of nitrogens with zero attached hydrogens (tertiary/aromatic N) is 2. The summed E-state index contributed by atoms with van der Waals surface area (Å²) in [6.45, 7) is 2.62. The van der Waals surface area contributed by atoms with Crippen LogP contribution in [0.4, 0.5) is 0 Å². The summed E-state index contributed by atoms with van der Waals surface area (Å²) in [5.41, 5.74) is 2.70. The molecule has 1 amide bonds. The maximum absolute atomic E-state index is 13.2. The van der Waals surface area contributed by atoms with Gasteiger partial charge in [0.05, 0.1) is 19.3 Å². The molecule has 3 rings (SSSR count). The van der Waals surface area contributed by atoms with Gasteiger partial charge in [0.2, 0.25) is 5.91 Å². The first-order valence-corrected chi connectivity index (χ1v) is 9.75. The van der Waals surface area contributed by atoms with Gasteiger partial charge in [-0.1, -0.05) is 18.2 Å². The van der Waals surface area contributed by atoms with Crippen molar-refractivity contribution in [1.82, 2.24) is 9.88 Å². The van der Waals surface area contributed by atoms with Crippen LogP contribution in [0.2, 0.25) is 0 Å². The Hall–Kier alpha value is -3.19. The number of allylic oxidation sites excluding steroid dienone is 1. The lowest BCUT2D eigenvalue weighted by Gasteiger charge is -2.34. The Bertz CT molecular complexity index is 926. The lowest BCUT2D eigenvalue weighted by atomic mass is 9.84. The van der Waals surface area contributed by atoms with Crippen LogP contribution in [0.5, 0.6) is 5.75 Å². The fourth-order valence-electron chi connectivity index (χ4n) is 3.66. The predicted molar refractivity (Wildman–Crippen MR) is 111 cm³/mol. The van der Waals surface area contributed by atoms with Gasteiger partial charge >= 0.3 is 5.97 Å². The van der Waals surface area contributed by atoms with Crippen molar-refractivity contribution in [2.75, 3.05) is 27.4 Å². The van der Waals surface area contributed by atoms with E-state index in [4.69, 9.17) is 14.2 Å². The number of carbonyl (C=O) groups is 2. The van der Waals surface area contributed by atoms with E-state index in [2.05, 4.69) is 4.98 Å². The van der Waals surface area contributed by atoms with E-state index in [1.807, 2.05) is 36.4 Å². The molecule has 0 saturated heterocycles. The van der Waals surface area contributed by atoms with E-state index in [1.54, 1.807) is 38.4 Å². The second kappa shape index (κ2) is 10.0. The van der Waals surface area contributed by atoms with Gasteiger partial charge in [0.15, 0.2) is 0 Å². The highest BCUT2D eigenvalue weighted by molar-refractivity contribution is 5.95. The second-order valence-electron chi connectivity index (χ2n) is 6.96. The number of esters is 1. The Morgan fingerprint density at radius 3 is 2.60 bits per heavy atom. The molecule has 2 heterocycles. The van der Waals surface area contributed by atoms with Crippen LogP contribution in [-0.4, -0.2) is 49.1 Å². The van der Waals surface area contributed by atoms with Crippen molar-refractivity contribution < 1.29 is 23.8 Å². The van der Waals surface area contributed by atoms with Gasteiger partial charge in [-0.2, -0.15) is 0 Å². The van der Waals surface area contributed by atoms with Crippen molar-refractivity contribution in [3.05, 3.63) is 71.2 Å². The van der Waals surface area contributed by atoms with Crippen LogP contribution in [0.1, 0.15) is 30.4 Å². The van der Waals surface area contributed by atoms with Crippen molar-refractivity contribution in [3.8, 4) is 5.75 Å². The van der Waals surface area contributed by atoms with E-state index < -0.39 is 5.97 Å². The minimum atomic E-state index is -0.449. The third-order valence-electron chi connectivity index (χ3n) is 5.22. The number of hydrogen-bond donors (Lipinski definition) is 0. The second-order valence-corrected chi connectivity index (χ2v) is 6.96. The summed E-state index contributed by atoms with van der Waals surface area (Å²) >= 11 is 0. The van der Waals surface area contributed by atoms with Gasteiger partial charge < -0.3 is 19.1 Å². The molecule has 7 heteroatoms. The number of pyridine rings is 1. The molecular formula is C23H26N2O5. The molecule has 1 unspecified atom stereocenters. The largest absolute Gasteiger partial charge is 0.496 e. The van der Waals surface area contributed by atoms with E-state index in [-0.39, 0.29) is 24.9 Å². The number of hydrogen-bond acceptors (Lipinski definition) is 6. The monoisotopic (exact) mass is 410 g/mol. The van der Waals surface area contributed by atoms with E-state index in [0.717, 1.165) is 11.1 Å². The van der Waals surface area contributed by atoms with E-state index in [0.29, 0.717) is 30.2 Å². The molecular weight excluding hydrogens is 384 g/mol. The van der Waals surface area contributed by atoms with Crippen LogP contribution in [0.15, 0.2) is 60.1 Å². The molecule has 1 atom stereocenters. The fourth-order valence-corrected chi connectivity index (χ4v) is 3.66. The van der Waals surface area contributed by atoms with Crippen LogP contribution in [0.3, 0.4) is 0 Å². The lowest BCUT2D eigenvalue weighted by Crippen LogP contribution is -2.40. The summed E-state index contributed by atoms with van der Waals surface area (Å²) in [5, 5.41) is 0. The first-order chi connectivity index (χ1) is 14.6. The van der Waals surface area contributed by atoms with Crippen LogP contribution in [0, 0.1) is 0 Å². The summed E-state index contributed by atoms with van der Waals surface area (Å²) in [5.74, 6) is -0.227. The minimum absolute atomic E-state index is 0.0485. The molecule has 7 nitrogen and oxygen atoms in total. The summed E-state index contributed by atoms with van der Waals surface area (Å²) in [7, 11) is 3.16. The summed E-state index contributed by atoms with van der Waals surface area (Å²) in [6, 6.07) is 11.0.